The van der Waals surface area contributed by atoms with Gasteiger partial charge in [-0.2, -0.15) is 0 Å². The van der Waals surface area contributed by atoms with Crippen LogP contribution in [0.15, 0.2) is 42.6 Å². The molecule has 0 aliphatic heterocycles. The molecular formula is C12H9FNO. The number of halogens is 1. The van der Waals surface area contributed by atoms with Crippen LogP contribution in [-0.2, 0) is 0 Å². The van der Waals surface area contributed by atoms with Crippen LogP contribution in [0.5, 0.6) is 11.6 Å². The number of benzene rings is 1. The first-order chi connectivity index (χ1) is 7.25. The number of hydrogen-bond acceptors (Lipinski definition) is 2. The third kappa shape index (κ3) is 2.31. The molecule has 3 heteroatoms. The normalized spacial score (nSPS) is 10.0. The molecule has 15 heavy (non-hydrogen) atoms. The molecule has 0 N–H and O–H groups in total. The summed E-state index contributed by atoms with van der Waals surface area (Å²) < 4.78 is 18.5. The molecule has 1 aromatic carbocycles. The molecule has 1 radical (unpaired) electrons. The third-order valence-electron chi connectivity index (χ3n) is 1.85. The molecule has 2 nitrogen and oxygen atoms in total. The Morgan fingerprint density at radius 2 is 2.07 bits per heavy atom. The van der Waals surface area contributed by atoms with Gasteiger partial charge in [-0.05, 0) is 30.7 Å². The van der Waals surface area contributed by atoms with Crippen LogP contribution in [0.4, 0.5) is 4.39 Å². The molecular weight excluding hydrogens is 193 g/mol. The van der Waals surface area contributed by atoms with E-state index in [1.165, 1.54) is 12.1 Å². The average Bonchev–Trinajstić information content (AvgIpc) is 2.25. The van der Waals surface area contributed by atoms with Crippen molar-refractivity contribution < 1.29 is 9.13 Å². The quantitative estimate of drug-likeness (QED) is 0.746. The highest BCUT2D eigenvalue weighted by molar-refractivity contribution is 5.34. The molecule has 0 fully saturated rings. The van der Waals surface area contributed by atoms with Gasteiger partial charge >= 0.3 is 0 Å². The summed E-state index contributed by atoms with van der Waals surface area (Å²) in [5.74, 6) is 0.0799. The van der Waals surface area contributed by atoms with Gasteiger partial charge in [-0.1, -0.05) is 12.1 Å². The minimum absolute atomic E-state index is 0.140. The van der Waals surface area contributed by atoms with Gasteiger partial charge in [-0.3, -0.25) is 0 Å². The van der Waals surface area contributed by atoms with E-state index in [1.54, 1.807) is 30.5 Å². The number of pyridine rings is 1. The van der Waals surface area contributed by atoms with Crippen LogP contribution in [0.2, 0.25) is 0 Å². The molecule has 0 spiro atoms. The first-order valence-corrected chi connectivity index (χ1v) is 4.46. The molecule has 2 aromatic rings. The van der Waals surface area contributed by atoms with Crippen molar-refractivity contribution in [3.8, 4) is 11.6 Å². The fraction of sp³-hybridized carbons (Fsp3) is 0. The summed E-state index contributed by atoms with van der Waals surface area (Å²) in [4.78, 5) is 3.94. The highest BCUT2D eigenvalue weighted by Gasteiger charge is 2.04. The van der Waals surface area contributed by atoms with E-state index >= 15 is 0 Å². The van der Waals surface area contributed by atoms with Crippen molar-refractivity contribution in [2.75, 3.05) is 0 Å². The number of rotatable bonds is 2. The maximum absolute atomic E-state index is 13.3. The van der Waals surface area contributed by atoms with Crippen molar-refractivity contribution >= 4 is 0 Å². The van der Waals surface area contributed by atoms with Crippen molar-refractivity contribution in [3.05, 3.63) is 60.9 Å². The molecule has 0 aliphatic carbocycles. The SMILES string of the molecule is [CH2]c1ccc(F)c(Oc2ccccn2)c1. The van der Waals surface area contributed by atoms with Crippen LogP contribution in [0, 0.1) is 12.7 Å². The van der Waals surface area contributed by atoms with Gasteiger partial charge in [-0.25, -0.2) is 9.37 Å². The summed E-state index contributed by atoms with van der Waals surface area (Å²) in [6.07, 6.45) is 1.58. The van der Waals surface area contributed by atoms with Crippen LogP contribution in [0.1, 0.15) is 5.56 Å². The fourth-order valence-electron chi connectivity index (χ4n) is 1.15. The number of nitrogens with zero attached hydrogens (tertiary/aromatic N) is 1. The topological polar surface area (TPSA) is 22.1 Å². The summed E-state index contributed by atoms with van der Waals surface area (Å²) in [6, 6.07) is 9.63. The summed E-state index contributed by atoms with van der Waals surface area (Å²) in [5.41, 5.74) is 0.697. The molecule has 0 aliphatic rings. The molecule has 0 saturated heterocycles. The van der Waals surface area contributed by atoms with Crippen molar-refractivity contribution in [1.29, 1.82) is 0 Å². The van der Waals surface area contributed by atoms with Crippen LogP contribution >= 0.6 is 0 Å². The lowest BCUT2D eigenvalue weighted by Gasteiger charge is -2.05. The van der Waals surface area contributed by atoms with Crippen molar-refractivity contribution in [1.82, 2.24) is 4.98 Å². The molecule has 0 unspecified atom stereocenters. The van der Waals surface area contributed by atoms with Gasteiger partial charge in [0, 0.05) is 12.3 Å². The molecule has 1 aromatic heterocycles. The van der Waals surface area contributed by atoms with Crippen LogP contribution in [-0.4, -0.2) is 4.98 Å². The molecule has 2 rings (SSSR count). The molecule has 1 heterocycles. The van der Waals surface area contributed by atoms with Gasteiger partial charge in [-0.15, -0.1) is 0 Å². The Hall–Kier alpha value is -1.90. The van der Waals surface area contributed by atoms with E-state index in [9.17, 15) is 4.39 Å². The van der Waals surface area contributed by atoms with E-state index in [2.05, 4.69) is 11.9 Å². The minimum atomic E-state index is -0.423. The monoisotopic (exact) mass is 202 g/mol. The zero-order chi connectivity index (χ0) is 10.7. The highest BCUT2D eigenvalue weighted by atomic mass is 19.1. The van der Waals surface area contributed by atoms with Gasteiger partial charge in [0.05, 0.1) is 0 Å². The lowest BCUT2D eigenvalue weighted by atomic mass is 10.2. The molecule has 0 amide bonds. The van der Waals surface area contributed by atoms with Crippen LogP contribution < -0.4 is 4.74 Å². The van der Waals surface area contributed by atoms with Crippen molar-refractivity contribution in [2.24, 2.45) is 0 Å². The summed E-state index contributed by atoms with van der Waals surface area (Å²) in [7, 11) is 0. The van der Waals surface area contributed by atoms with E-state index in [-0.39, 0.29) is 5.75 Å². The van der Waals surface area contributed by atoms with Gasteiger partial charge < -0.3 is 4.74 Å². The van der Waals surface area contributed by atoms with E-state index < -0.39 is 5.82 Å². The second-order valence-electron chi connectivity index (χ2n) is 3.03. The molecule has 0 saturated carbocycles. The van der Waals surface area contributed by atoms with E-state index in [0.717, 1.165) is 0 Å². The Labute approximate surface area is 87.4 Å². The van der Waals surface area contributed by atoms with Crippen LogP contribution in [0.3, 0.4) is 0 Å². The first-order valence-electron chi connectivity index (χ1n) is 4.46. The Kier molecular flexibility index (Phi) is 2.63. The Balaban J connectivity index is 2.28. The molecule has 0 atom stereocenters. The van der Waals surface area contributed by atoms with Gasteiger partial charge in [0.1, 0.15) is 0 Å². The molecule has 75 valence electrons. The fourth-order valence-corrected chi connectivity index (χ4v) is 1.15. The summed E-state index contributed by atoms with van der Waals surface area (Å²) in [5, 5.41) is 0. The third-order valence-corrected chi connectivity index (χ3v) is 1.85. The van der Waals surface area contributed by atoms with E-state index in [1.807, 2.05) is 0 Å². The number of ether oxygens (including phenoxy) is 1. The lowest BCUT2D eigenvalue weighted by Crippen LogP contribution is -1.90. The average molecular weight is 202 g/mol. The summed E-state index contributed by atoms with van der Waals surface area (Å²) >= 11 is 0. The highest BCUT2D eigenvalue weighted by Crippen LogP contribution is 2.23. The minimum Gasteiger partial charge on any atom is -0.436 e. The maximum atomic E-state index is 13.3. The predicted octanol–water partition coefficient (Wildman–Crippen LogP) is 3.20. The second-order valence-corrected chi connectivity index (χ2v) is 3.03. The van der Waals surface area contributed by atoms with Gasteiger partial charge in [0.2, 0.25) is 5.88 Å². The predicted molar refractivity (Wildman–Crippen MR) is 55.2 cm³/mol. The Morgan fingerprint density at radius 3 is 2.80 bits per heavy atom. The number of aromatic nitrogens is 1. The number of hydrogen-bond donors (Lipinski definition) is 0. The maximum Gasteiger partial charge on any atom is 0.219 e. The lowest BCUT2D eigenvalue weighted by molar-refractivity contribution is 0.427. The smallest absolute Gasteiger partial charge is 0.219 e. The van der Waals surface area contributed by atoms with E-state index in [0.29, 0.717) is 11.4 Å². The molecule has 0 bridgehead atoms. The standard InChI is InChI=1S/C12H9FNO/c1-9-5-6-10(13)11(8-9)15-12-4-2-3-7-14-12/h2-8H,1H2. The van der Waals surface area contributed by atoms with E-state index in [4.69, 9.17) is 4.74 Å². The zero-order valence-electron chi connectivity index (χ0n) is 7.98. The van der Waals surface area contributed by atoms with Crippen molar-refractivity contribution in [2.45, 2.75) is 0 Å². The first kappa shape index (κ1) is 9.65. The Bertz CT molecular complexity index is 456. The summed E-state index contributed by atoms with van der Waals surface area (Å²) in [6.45, 7) is 3.70. The Morgan fingerprint density at radius 1 is 1.20 bits per heavy atom. The largest absolute Gasteiger partial charge is 0.436 e. The van der Waals surface area contributed by atoms with Gasteiger partial charge in [0.25, 0.3) is 0 Å². The van der Waals surface area contributed by atoms with Crippen molar-refractivity contribution in [3.63, 3.8) is 0 Å². The second kappa shape index (κ2) is 4.09. The van der Waals surface area contributed by atoms with Crippen LogP contribution in [0.25, 0.3) is 0 Å². The van der Waals surface area contributed by atoms with Gasteiger partial charge in [0.15, 0.2) is 11.6 Å². The zero-order valence-corrected chi connectivity index (χ0v) is 7.98.